The maximum absolute atomic E-state index is 10.8. The van der Waals surface area contributed by atoms with E-state index in [9.17, 15) is 4.79 Å². The van der Waals surface area contributed by atoms with Gasteiger partial charge in [0.25, 0.3) is 0 Å². The Morgan fingerprint density at radius 3 is 2.93 bits per heavy atom. The summed E-state index contributed by atoms with van der Waals surface area (Å²) < 4.78 is 3.90. The number of nitrogens with two attached hydrogens (primary N) is 1. The van der Waals surface area contributed by atoms with Crippen LogP contribution < -0.4 is 5.73 Å². The van der Waals surface area contributed by atoms with Crippen molar-refractivity contribution in [2.45, 2.75) is 0 Å². The second kappa shape index (κ2) is 3.35. The van der Waals surface area contributed by atoms with Crippen LogP contribution in [0.15, 0.2) is 11.6 Å². The Morgan fingerprint density at radius 2 is 2.36 bits per heavy atom. The first-order valence-corrected chi connectivity index (χ1v) is 5.23. The fourth-order valence-electron chi connectivity index (χ4n) is 0.994. The van der Waals surface area contributed by atoms with Gasteiger partial charge in [-0.2, -0.15) is 0 Å². The minimum atomic E-state index is -1.07. The third-order valence-electron chi connectivity index (χ3n) is 1.54. The van der Waals surface area contributed by atoms with Gasteiger partial charge in [0, 0.05) is 17.1 Å². The van der Waals surface area contributed by atoms with Gasteiger partial charge in [-0.25, -0.2) is 14.2 Å². The van der Waals surface area contributed by atoms with Crippen molar-refractivity contribution in [3.8, 4) is 10.4 Å². The monoisotopic (exact) mass is 227 g/mol. The number of aromatic nitrogens is 2. The van der Waals surface area contributed by atoms with Gasteiger partial charge in [-0.1, -0.05) is 11.3 Å². The molecule has 14 heavy (non-hydrogen) atoms. The van der Waals surface area contributed by atoms with Crippen molar-refractivity contribution in [2.75, 3.05) is 5.73 Å². The highest BCUT2D eigenvalue weighted by Crippen LogP contribution is 2.32. The predicted octanol–water partition coefficient (Wildman–Crippen LogP) is 1.55. The Hall–Kier alpha value is -1.47. The van der Waals surface area contributed by atoms with Crippen molar-refractivity contribution in [3.05, 3.63) is 17.3 Å². The first-order chi connectivity index (χ1) is 6.68. The second-order valence-electron chi connectivity index (χ2n) is 2.45. The highest BCUT2D eigenvalue weighted by molar-refractivity contribution is 7.19. The van der Waals surface area contributed by atoms with Gasteiger partial charge in [0.1, 0.15) is 0 Å². The molecule has 0 amide bonds. The van der Waals surface area contributed by atoms with E-state index in [-0.39, 0.29) is 10.8 Å². The van der Waals surface area contributed by atoms with E-state index in [2.05, 4.69) is 9.36 Å². The molecule has 0 bridgehead atoms. The summed E-state index contributed by atoms with van der Waals surface area (Å²) in [6.07, 6.45) is 1.60. The van der Waals surface area contributed by atoms with E-state index < -0.39 is 5.97 Å². The smallest absolute Gasteiger partial charge is 0.356 e. The quantitative estimate of drug-likeness (QED) is 0.812. The van der Waals surface area contributed by atoms with E-state index in [1.165, 1.54) is 11.5 Å². The van der Waals surface area contributed by atoms with Gasteiger partial charge in [0.05, 0.1) is 4.88 Å². The van der Waals surface area contributed by atoms with Crippen LogP contribution in [0.3, 0.4) is 0 Å². The van der Waals surface area contributed by atoms with Crippen LogP contribution in [-0.4, -0.2) is 20.4 Å². The molecule has 2 heterocycles. The first-order valence-electron chi connectivity index (χ1n) is 3.58. The Morgan fingerprint density at radius 1 is 1.57 bits per heavy atom. The lowest BCUT2D eigenvalue weighted by Crippen LogP contribution is -1.98. The molecule has 0 aliphatic rings. The minimum absolute atomic E-state index is 0.00676. The number of thiazole rings is 1. The number of carbonyl (C=O) groups is 1. The van der Waals surface area contributed by atoms with Crippen LogP contribution in [0.25, 0.3) is 10.4 Å². The van der Waals surface area contributed by atoms with Crippen LogP contribution in [-0.2, 0) is 0 Å². The number of nitrogens with zero attached hydrogens (tertiary/aromatic N) is 2. The van der Waals surface area contributed by atoms with Gasteiger partial charge in [0.2, 0.25) is 0 Å². The standard InChI is InChI=1S/C7H5N3O2S2/c8-7-10-4(6(11)12)5(14-7)3-1-9-13-2-3/h1-2H,(H2,8,10)(H,11,12). The van der Waals surface area contributed by atoms with Crippen molar-refractivity contribution in [1.29, 1.82) is 0 Å². The molecule has 2 aromatic heterocycles. The maximum Gasteiger partial charge on any atom is 0.356 e. The topological polar surface area (TPSA) is 89.1 Å². The summed E-state index contributed by atoms with van der Waals surface area (Å²) in [6, 6.07) is 0. The fourth-order valence-corrected chi connectivity index (χ4v) is 2.40. The Bertz CT molecular complexity index is 463. The van der Waals surface area contributed by atoms with Crippen molar-refractivity contribution in [2.24, 2.45) is 0 Å². The molecular formula is C7H5N3O2S2. The van der Waals surface area contributed by atoms with E-state index in [0.717, 1.165) is 16.9 Å². The molecule has 7 heteroatoms. The fraction of sp³-hybridized carbons (Fsp3) is 0. The van der Waals surface area contributed by atoms with Crippen molar-refractivity contribution in [3.63, 3.8) is 0 Å². The molecule has 0 atom stereocenters. The summed E-state index contributed by atoms with van der Waals surface area (Å²) in [6.45, 7) is 0. The summed E-state index contributed by atoms with van der Waals surface area (Å²) in [7, 11) is 0. The predicted molar refractivity (Wildman–Crippen MR) is 54.6 cm³/mol. The molecule has 0 radical (unpaired) electrons. The van der Waals surface area contributed by atoms with Gasteiger partial charge in [0.15, 0.2) is 10.8 Å². The SMILES string of the molecule is Nc1nc(C(=O)O)c(-c2cnsc2)s1. The summed E-state index contributed by atoms with van der Waals surface area (Å²) in [5.74, 6) is -1.07. The third kappa shape index (κ3) is 1.47. The largest absolute Gasteiger partial charge is 0.476 e. The molecule has 0 spiro atoms. The Kier molecular flexibility index (Phi) is 2.18. The van der Waals surface area contributed by atoms with Crippen LogP contribution in [0.4, 0.5) is 5.13 Å². The van der Waals surface area contributed by atoms with Crippen LogP contribution in [0.2, 0.25) is 0 Å². The zero-order chi connectivity index (χ0) is 10.1. The average Bonchev–Trinajstić information content (AvgIpc) is 2.70. The lowest BCUT2D eigenvalue weighted by atomic mass is 10.2. The highest BCUT2D eigenvalue weighted by Gasteiger charge is 2.18. The maximum atomic E-state index is 10.8. The number of carboxylic acid groups (broad SMARTS) is 1. The van der Waals surface area contributed by atoms with Crippen LogP contribution in [0.1, 0.15) is 10.5 Å². The molecule has 0 unspecified atom stereocenters. The van der Waals surface area contributed by atoms with E-state index in [0.29, 0.717) is 4.88 Å². The number of hydrogen-bond donors (Lipinski definition) is 2. The van der Waals surface area contributed by atoms with Crippen molar-refractivity contribution >= 4 is 34.0 Å². The number of anilines is 1. The number of hydrogen-bond acceptors (Lipinski definition) is 6. The molecule has 0 saturated heterocycles. The zero-order valence-electron chi connectivity index (χ0n) is 6.80. The van der Waals surface area contributed by atoms with E-state index >= 15 is 0 Å². The van der Waals surface area contributed by atoms with Crippen LogP contribution in [0, 0.1) is 0 Å². The van der Waals surface area contributed by atoms with E-state index in [1.807, 2.05) is 0 Å². The third-order valence-corrected chi connectivity index (χ3v) is 3.06. The normalized spacial score (nSPS) is 10.3. The summed E-state index contributed by atoms with van der Waals surface area (Å²) in [5.41, 5.74) is 6.20. The molecule has 2 rings (SSSR count). The summed E-state index contributed by atoms with van der Waals surface area (Å²) in [4.78, 5) is 15.1. The zero-order valence-corrected chi connectivity index (χ0v) is 8.43. The molecule has 0 saturated carbocycles. The molecular weight excluding hydrogens is 222 g/mol. The molecule has 5 nitrogen and oxygen atoms in total. The average molecular weight is 227 g/mol. The van der Waals surface area contributed by atoms with E-state index in [1.54, 1.807) is 11.6 Å². The molecule has 0 aliphatic heterocycles. The van der Waals surface area contributed by atoms with Crippen molar-refractivity contribution < 1.29 is 9.90 Å². The first kappa shape index (κ1) is 9.10. The molecule has 3 N–H and O–H groups in total. The Labute approximate surface area is 87.0 Å². The second-order valence-corrected chi connectivity index (χ2v) is 4.14. The number of carboxylic acids is 1. The lowest BCUT2D eigenvalue weighted by molar-refractivity contribution is 0.0692. The number of aromatic carboxylic acids is 1. The van der Waals surface area contributed by atoms with Gasteiger partial charge in [-0.15, -0.1) is 0 Å². The molecule has 0 aromatic carbocycles. The van der Waals surface area contributed by atoms with Gasteiger partial charge < -0.3 is 10.8 Å². The molecule has 2 aromatic rings. The van der Waals surface area contributed by atoms with Gasteiger partial charge >= 0.3 is 5.97 Å². The number of nitrogen functional groups attached to an aromatic ring is 1. The molecule has 0 aliphatic carbocycles. The van der Waals surface area contributed by atoms with Gasteiger partial charge in [-0.3, -0.25) is 0 Å². The molecule has 0 fully saturated rings. The Balaban J connectivity index is 2.58. The molecule has 72 valence electrons. The highest BCUT2D eigenvalue weighted by atomic mass is 32.1. The van der Waals surface area contributed by atoms with Gasteiger partial charge in [-0.05, 0) is 11.5 Å². The number of rotatable bonds is 2. The summed E-state index contributed by atoms with van der Waals surface area (Å²) in [5, 5.41) is 10.9. The minimum Gasteiger partial charge on any atom is -0.476 e. The van der Waals surface area contributed by atoms with E-state index in [4.69, 9.17) is 10.8 Å². The van der Waals surface area contributed by atoms with Crippen LogP contribution in [0.5, 0.6) is 0 Å². The van der Waals surface area contributed by atoms with Crippen LogP contribution >= 0.6 is 22.9 Å². The van der Waals surface area contributed by atoms with Crippen molar-refractivity contribution in [1.82, 2.24) is 9.36 Å². The lowest BCUT2D eigenvalue weighted by Gasteiger charge is -1.91. The summed E-state index contributed by atoms with van der Waals surface area (Å²) >= 11 is 2.41.